The normalized spacial score (nSPS) is 21.5. The Morgan fingerprint density at radius 2 is 2.14 bits per heavy atom. The van der Waals surface area contributed by atoms with Gasteiger partial charge in [-0.3, -0.25) is 4.79 Å². The Bertz CT molecular complexity index is 566. The highest BCUT2D eigenvalue weighted by molar-refractivity contribution is 14.1. The standard InChI is InChI=1S/C15H19IN2O3/c1-9(2)15(5-6-17-8-15)14(21)18-12-4-3-10(16)7-11(12)13(19)20/h3-4,7,9,17H,5-6,8H2,1-2H3,(H,18,21)(H,19,20). The summed E-state index contributed by atoms with van der Waals surface area (Å²) in [4.78, 5) is 24.0. The summed E-state index contributed by atoms with van der Waals surface area (Å²) in [5.74, 6) is -0.956. The molecule has 1 aromatic carbocycles. The number of nitrogens with one attached hydrogen (secondary N) is 2. The minimum atomic E-state index is -1.04. The van der Waals surface area contributed by atoms with Crippen molar-refractivity contribution in [2.24, 2.45) is 11.3 Å². The number of carbonyl (C=O) groups is 2. The number of carboxylic acids is 1. The zero-order valence-electron chi connectivity index (χ0n) is 12.1. The molecule has 3 N–H and O–H groups in total. The van der Waals surface area contributed by atoms with E-state index in [0.29, 0.717) is 12.2 Å². The van der Waals surface area contributed by atoms with E-state index >= 15 is 0 Å². The largest absolute Gasteiger partial charge is 0.478 e. The van der Waals surface area contributed by atoms with Crippen molar-refractivity contribution in [3.63, 3.8) is 0 Å². The maximum absolute atomic E-state index is 12.7. The van der Waals surface area contributed by atoms with Crippen LogP contribution in [0.1, 0.15) is 30.6 Å². The SMILES string of the molecule is CC(C)C1(C(=O)Nc2ccc(I)cc2C(=O)O)CCNC1. The molecule has 0 spiro atoms. The van der Waals surface area contributed by atoms with E-state index in [-0.39, 0.29) is 17.4 Å². The Morgan fingerprint density at radius 3 is 2.67 bits per heavy atom. The third-order valence-corrected chi connectivity index (χ3v) is 4.88. The highest BCUT2D eigenvalue weighted by atomic mass is 127. The van der Waals surface area contributed by atoms with E-state index in [0.717, 1.165) is 16.5 Å². The van der Waals surface area contributed by atoms with Crippen molar-refractivity contribution >= 4 is 40.2 Å². The van der Waals surface area contributed by atoms with Gasteiger partial charge in [0.05, 0.1) is 16.7 Å². The van der Waals surface area contributed by atoms with Crippen LogP contribution in [-0.2, 0) is 4.79 Å². The summed E-state index contributed by atoms with van der Waals surface area (Å²) in [7, 11) is 0. The van der Waals surface area contributed by atoms with Gasteiger partial charge in [0.15, 0.2) is 0 Å². The van der Waals surface area contributed by atoms with E-state index in [4.69, 9.17) is 0 Å². The zero-order chi connectivity index (χ0) is 15.6. The van der Waals surface area contributed by atoms with Gasteiger partial charge in [0, 0.05) is 10.1 Å². The molecule has 1 heterocycles. The molecule has 2 rings (SSSR count). The van der Waals surface area contributed by atoms with Crippen molar-refractivity contribution in [2.45, 2.75) is 20.3 Å². The predicted octanol–water partition coefficient (Wildman–Crippen LogP) is 2.56. The van der Waals surface area contributed by atoms with Gasteiger partial charge >= 0.3 is 5.97 Å². The molecule has 0 bridgehead atoms. The van der Waals surface area contributed by atoms with Crippen molar-refractivity contribution in [3.8, 4) is 0 Å². The molecule has 1 unspecified atom stereocenters. The topological polar surface area (TPSA) is 78.4 Å². The highest BCUT2D eigenvalue weighted by Crippen LogP contribution is 2.35. The van der Waals surface area contributed by atoms with Gasteiger partial charge in [0.1, 0.15) is 0 Å². The molecule has 1 amide bonds. The van der Waals surface area contributed by atoms with Crippen molar-refractivity contribution in [1.82, 2.24) is 5.32 Å². The molecule has 114 valence electrons. The van der Waals surface area contributed by atoms with Crippen molar-refractivity contribution in [2.75, 3.05) is 18.4 Å². The third kappa shape index (κ3) is 3.21. The molecule has 6 heteroatoms. The van der Waals surface area contributed by atoms with E-state index in [2.05, 4.69) is 33.2 Å². The number of anilines is 1. The first-order valence-electron chi connectivity index (χ1n) is 6.92. The Kier molecular flexibility index (Phi) is 4.88. The van der Waals surface area contributed by atoms with Gasteiger partial charge in [-0.25, -0.2) is 4.79 Å². The van der Waals surface area contributed by atoms with Crippen LogP contribution in [0.15, 0.2) is 18.2 Å². The fraction of sp³-hybridized carbons (Fsp3) is 0.467. The van der Waals surface area contributed by atoms with Crippen LogP contribution >= 0.6 is 22.6 Å². The fourth-order valence-electron chi connectivity index (χ4n) is 2.71. The molecule has 0 aliphatic carbocycles. The van der Waals surface area contributed by atoms with Crippen LogP contribution in [0.3, 0.4) is 0 Å². The maximum atomic E-state index is 12.7. The number of carbonyl (C=O) groups excluding carboxylic acids is 1. The molecule has 1 aliphatic heterocycles. The zero-order valence-corrected chi connectivity index (χ0v) is 14.2. The van der Waals surface area contributed by atoms with Gasteiger partial charge in [-0.2, -0.15) is 0 Å². The second-order valence-corrected chi connectivity index (χ2v) is 6.93. The molecule has 1 aromatic rings. The number of aromatic carboxylic acids is 1. The van der Waals surface area contributed by atoms with Gasteiger partial charge in [0.25, 0.3) is 0 Å². The summed E-state index contributed by atoms with van der Waals surface area (Å²) < 4.78 is 0.823. The summed E-state index contributed by atoms with van der Waals surface area (Å²) in [6.45, 7) is 5.49. The molecule has 1 atom stereocenters. The average Bonchev–Trinajstić information content (AvgIpc) is 2.91. The Labute approximate surface area is 137 Å². The van der Waals surface area contributed by atoms with Crippen LogP contribution in [0.25, 0.3) is 0 Å². The average molecular weight is 402 g/mol. The first-order valence-corrected chi connectivity index (χ1v) is 8.00. The van der Waals surface area contributed by atoms with Gasteiger partial charge in [-0.1, -0.05) is 13.8 Å². The summed E-state index contributed by atoms with van der Waals surface area (Å²) in [5, 5.41) is 15.3. The minimum Gasteiger partial charge on any atom is -0.478 e. The third-order valence-electron chi connectivity index (χ3n) is 4.21. The summed E-state index contributed by atoms with van der Waals surface area (Å²) in [6.07, 6.45) is 0.767. The molecule has 0 aromatic heterocycles. The molecule has 1 aliphatic rings. The van der Waals surface area contributed by atoms with E-state index in [1.165, 1.54) is 0 Å². The van der Waals surface area contributed by atoms with Crippen LogP contribution in [-0.4, -0.2) is 30.1 Å². The molecular formula is C15H19IN2O3. The molecule has 5 nitrogen and oxygen atoms in total. The second-order valence-electron chi connectivity index (χ2n) is 5.69. The van der Waals surface area contributed by atoms with E-state index < -0.39 is 11.4 Å². The molecule has 0 radical (unpaired) electrons. The molecule has 1 fully saturated rings. The quantitative estimate of drug-likeness (QED) is 0.677. The van der Waals surface area contributed by atoms with Gasteiger partial charge in [-0.05, 0) is 59.7 Å². The lowest BCUT2D eigenvalue weighted by Gasteiger charge is -2.31. The van der Waals surface area contributed by atoms with Crippen LogP contribution in [0.2, 0.25) is 0 Å². The summed E-state index contributed by atoms with van der Waals surface area (Å²) in [5.41, 5.74) is 0.0126. The maximum Gasteiger partial charge on any atom is 0.337 e. The van der Waals surface area contributed by atoms with Crippen molar-refractivity contribution in [3.05, 3.63) is 27.3 Å². The molecule has 1 saturated heterocycles. The van der Waals surface area contributed by atoms with Gasteiger partial charge in [-0.15, -0.1) is 0 Å². The summed E-state index contributed by atoms with van der Waals surface area (Å²) in [6, 6.07) is 5.00. The van der Waals surface area contributed by atoms with E-state index in [9.17, 15) is 14.7 Å². The van der Waals surface area contributed by atoms with Gasteiger partial charge in [0.2, 0.25) is 5.91 Å². The Hall–Kier alpha value is -1.15. The first kappa shape index (κ1) is 16.2. The number of hydrogen-bond acceptors (Lipinski definition) is 3. The van der Waals surface area contributed by atoms with Crippen LogP contribution in [0.4, 0.5) is 5.69 Å². The number of rotatable bonds is 4. The number of carboxylic acid groups (broad SMARTS) is 1. The predicted molar refractivity (Wildman–Crippen MR) is 89.5 cm³/mol. The number of halogens is 1. The lowest BCUT2D eigenvalue weighted by Crippen LogP contribution is -2.42. The molecular weight excluding hydrogens is 383 g/mol. The molecule has 0 saturated carbocycles. The van der Waals surface area contributed by atoms with Crippen LogP contribution in [0, 0.1) is 14.9 Å². The lowest BCUT2D eigenvalue weighted by molar-refractivity contribution is -0.126. The lowest BCUT2D eigenvalue weighted by atomic mass is 9.75. The highest BCUT2D eigenvalue weighted by Gasteiger charge is 2.44. The first-order chi connectivity index (χ1) is 9.86. The Balaban J connectivity index is 2.29. The van der Waals surface area contributed by atoms with E-state index in [1.807, 2.05) is 13.8 Å². The second kappa shape index (κ2) is 6.31. The van der Waals surface area contributed by atoms with Crippen molar-refractivity contribution in [1.29, 1.82) is 0 Å². The number of amides is 1. The van der Waals surface area contributed by atoms with E-state index in [1.54, 1.807) is 18.2 Å². The summed E-state index contributed by atoms with van der Waals surface area (Å²) >= 11 is 2.05. The fourth-order valence-corrected chi connectivity index (χ4v) is 3.20. The van der Waals surface area contributed by atoms with Crippen LogP contribution < -0.4 is 10.6 Å². The number of benzene rings is 1. The van der Waals surface area contributed by atoms with Crippen LogP contribution in [0.5, 0.6) is 0 Å². The van der Waals surface area contributed by atoms with Crippen molar-refractivity contribution < 1.29 is 14.7 Å². The van der Waals surface area contributed by atoms with Gasteiger partial charge < -0.3 is 15.7 Å². The smallest absolute Gasteiger partial charge is 0.337 e. The monoisotopic (exact) mass is 402 g/mol. The molecule has 21 heavy (non-hydrogen) atoms. The minimum absolute atomic E-state index is 0.105. The number of hydrogen-bond donors (Lipinski definition) is 3. The Morgan fingerprint density at radius 1 is 1.43 bits per heavy atom.